The van der Waals surface area contributed by atoms with E-state index in [9.17, 15) is 0 Å². The van der Waals surface area contributed by atoms with Gasteiger partial charge in [0.1, 0.15) is 10.7 Å². The Morgan fingerprint density at radius 3 is 2.67 bits per heavy atom. The molecule has 4 nitrogen and oxygen atoms in total. The van der Waals surface area contributed by atoms with Crippen LogP contribution in [-0.2, 0) is 12.8 Å². The highest BCUT2D eigenvalue weighted by Crippen LogP contribution is 2.29. The minimum atomic E-state index is 0.692. The number of hydrogen-bond acceptors (Lipinski definition) is 5. The van der Waals surface area contributed by atoms with E-state index in [0.717, 1.165) is 26.9 Å². The van der Waals surface area contributed by atoms with Gasteiger partial charge in [0.2, 0.25) is 0 Å². The van der Waals surface area contributed by atoms with E-state index in [1.165, 1.54) is 10.4 Å². The Bertz CT molecular complexity index is 767. The fraction of sp³-hybridized carbons (Fsp3) is 0.200. The Kier molecular flexibility index (Phi) is 4.19. The molecule has 21 heavy (non-hydrogen) atoms. The van der Waals surface area contributed by atoms with Crippen molar-refractivity contribution in [3.63, 3.8) is 0 Å². The maximum Gasteiger partial charge on any atom is 0.152 e. The molecule has 0 saturated carbocycles. The highest BCUT2D eigenvalue weighted by molar-refractivity contribution is 9.10. The number of aryl methyl sites for hydroxylation is 1. The van der Waals surface area contributed by atoms with Gasteiger partial charge in [0.05, 0.1) is 5.39 Å². The highest BCUT2D eigenvalue weighted by Gasteiger charge is 2.11. The van der Waals surface area contributed by atoms with Gasteiger partial charge in [0, 0.05) is 15.8 Å². The summed E-state index contributed by atoms with van der Waals surface area (Å²) >= 11 is 5.14. The third-order valence-electron chi connectivity index (χ3n) is 3.25. The first-order valence-electron chi connectivity index (χ1n) is 6.70. The van der Waals surface area contributed by atoms with E-state index >= 15 is 0 Å². The van der Waals surface area contributed by atoms with Crippen molar-refractivity contribution in [3.05, 3.63) is 51.1 Å². The molecule has 0 unspecified atom stereocenters. The van der Waals surface area contributed by atoms with Crippen LogP contribution in [0.25, 0.3) is 10.2 Å². The van der Waals surface area contributed by atoms with Crippen LogP contribution in [0.5, 0.6) is 0 Å². The first-order valence-corrected chi connectivity index (χ1v) is 8.31. The third-order valence-corrected chi connectivity index (χ3v) is 4.95. The van der Waals surface area contributed by atoms with E-state index in [2.05, 4.69) is 56.4 Å². The van der Waals surface area contributed by atoms with E-state index in [4.69, 9.17) is 5.84 Å². The number of aromatic nitrogens is 2. The van der Waals surface area contributed by atoms with Crippen LogP contribution < -0.4 is 11.3 Å². The van der Waals surface area contributed by atoms with Crippen molar-refractivity contribution >= 4 is 43.3 Å². The zero-order valence-electron chi connectivity index (χ0n) is 11.6. The molecule has 108 valence electrons. The predicted octanol–water partition coefficient (Wildman–Crippen LogP) is 3.89. The standard InChI is InChI=1S/C15H15BrN4S/c1-2-11-8-12-14(20-17)18-13(19-15(12)21-11)7-9-3-5-10(16)6-4-9/h3-6,8H,2,7,17H2,1H3,(H,18,19,20). The second-order valence-electron chi connectivity index (χ2n) is 4.72. The fourth-order valence-corrected chi connectivity index (χ4v) is 3.41. The topological polar surface area (TPSA) is 63.8 Å². The number of hydrazine groups is 1. The van der Waals surface area contributed by atoms with E-state index in [1.807, 2.05) is 12.1 Å². The molecule has 0 aliphatic rings. The molecule has 3 aromatic rings. The van der Waals surface area contributed by atoms with Crippen LogP contribution in [0.2, 0.25) is 0 Å². The van der Waals surface area contributed by atoms with Crippen molar-refractivity contribution in [2.45, 2.75) is 19.8 Å². The molecule has 0 spiro atoms. The van der Waals surface area contributed by atoms with E-state index in [1.54, 1.807) is 11.3 Å². The van der Waals surface area contributed by atoms with E-state index in [0.29, 0.717) is 12.2 Å². The van der Waals surface area contributed by atoms with E-state index < -0.39 is 0 Å². The molecule has 3 N–H and O–H groups in total. The first-order chi connectivity index (χ1) is 10.2. The first kappa shape index (κ1) is 14.4. The average Bonchev–Trinajstić information content (AvgIpc) is 2.92. The Labute approximate surface area is 135 Å². The molecular formula is C15H15BrN4S. The summed E-state index contributed by atoms with van der Waals surface area (Å²) in [7, 11) is 0. The zero-order valence-corrected chi connectivity index (χ0v) is 14.0. The summed E-state index contributed by atoms with van der Waals surface area (Å²) in [5.74, 6) is 7.08. The quantitative estimate of drug-likeness (QED) is 0.545. The van der Waals surface area contributed by atoms with Crippen LogP contribution in [-0.4, -0.2) is 9.97 Å². The summed E-state index contributed by atoms with van der Waals surface area (Å²) in [4.78, 5) is 11.5. The predicted molar refractivity (Wildman–Crippen MR) is 91.6 cm³/mol. The van der Waals surface area contributed by atoms with Crippen molar-refractivity contribution in [2.75, 3.05) is 5.43 Å². The lowest BCUT2D eigenvalue weighted by Gasteiger charge is -2.05. The summed E-state index contributed by atoms with van der Waals surface area (Å²) in [6.45, 7) is 2.14. The molecule has 0 amide bonds. The number of nitrogens with two attached hydrogens (primary N) is 1. The number of nitrogens with zero attached hydrogens (tertiary/aromatic N) is 2. The van der Waals surface area contributed by atoms with Gasteiger partial charge in [0.25, 0.3) is 0 Å². The van der Waals surface area contributed by atoms with Crippen molar-refractivity contribution in [2.24, 2.45) is 5.84 Å². The van der Waals surface area contributed by atoms with Crippen LogP contribution in [0.4, 0.5) is 5.82 Å². The van der Waals surface area contributed by atoms with Gasteiger partial charge in [-0.15, -0.1) is 11.3 Å². The number of benzene rings is 1. The summed E-state index contributed by atoms with van der Waals surface area (Å²) < 4.78 is 1.07. The second-order valence-corrected chi connectivity index (χ2v) is 6.75. The SMILES string of the molecule is CCc1cc2c(NN)nc(Cc3ccc(Br)cc3)nc2s1. The lowest BCUT2D eigenvalue weighted by molar-refractivity contribution is 0.993. The fourth-order valence-electron chi connectivity index (χ4n) is 2.16. The average molecular weight is 363 g/mol. The Hall–Kier alpha value is -1.50. The second kappa shape index (κ2) is 6.09. The number of hydrogen-bond donors (Lipinski definition) is 2. The zero-order chi connectivity index (χ0) is 14.8. The van der Waals surface area contributed by atoms with Gasteiger partial charge >= 0.3 is 0 Å². The van der Waals surface area contributed by atoms with Gasteiger partial charge in [0.15, 0.2) is 5.82 Å². The normalized spacial score (nSPS) is 11.0. The molecule has 1 aromatic carbocycles. The number of halogens is 1. The van der Waals surface area contributed by atoms with Crippen LogP contribution >= 0.6 is 27.3 Å². The Morgan fingerprint density at radius 1 is 1.24 bits per heavy atom. The van der Waals surface area contributed by atoms with Gasteiger partial charge in [-0.25, -0.2) is 15.8 Å². The monoisotopic (exact) mass is 362 g/mol. The highest BCUT2D eigenvalue weighted by atomic mass is 79.9. The van der Waals surface area contributed by atoms with Gasteiger partial charge in [-0.05, 0) is 30.2 Å². The van der Waals surface area contributed by atoms with Crippen LogP contribution in [0.3, 0.4) is 0 Å². The molecule has 0 aliphatic heterocycles. The minimum Gasteiger partial charge on any atom is -0.308 e. The summed E-state index contributed by atoms with van der Waals surface area (Å²) in [5, 5.41) is 0.999. The number of fused-ring (bicyclic) bond motifs is 1. The van der Waals surface area contributed by atoms with Crippen LogP contribution in [0.1, 0.15) is 23.2 Å². The third kappa shape index (κ3) is 3.07. The number of thiophene rings is 1. The van der Waals surface area contributed by atoms with Gasteiger partial charge in [-0.1, -0.05) is 35.0 Å². The lowest BCUT2D eigenvalue weighted by atomic mass is 10.1. The number of rotatable bonds is 4. The number of anilines is 1. The molecule has 0 aliphatic carbocycles. The van der Waals surface area contributed by atoms with Gasteiger partial charge < -0.3 is 5.43 Å². The molecule has 6 heteroatoms. The van der Waals surface area contributed by atoms with Crippen molar-refractivity contribution < 1.29 is 0 Å². The molecule has 0 atom stereocenters. The number of nitrogens with one attached hydrogen (secondary N) is 1. The summed E-state index contributed by atoms with van der Waals surface area (Å²) in [6.07, 6.45) is 1.68. The number of nitrogen functional groups attached to an aromatic ring is 1. The maximum absolute atomic E-state index is 5.61. The van der Waals surface area contributed by atoms with Gasteiger partial charge in [-0.3, -0.25) is 0 Å². The molecule has 3 rings (SSSR count). The largest absolute Gasteiger partial charge is 0.308 e. The lowest BCUT2D eigenvalue weighted by Crippen LogP contribution is -2.10. The smallest absolute Gasteiger partial charge is 0.152 e. The van der Waals surface area contributed by atoms with Gasteiger partial charge in [-0.2, -0.15) is 0 Å². The molecule has 0 radical (unpaired) electrons. The molecule has 2 aromatic heterocycles. The van der Waals surface area contributed by atoms with E-state index in [-0.39, 0.29) is 0 Å². The molecule has 0 saturated heterocycles. The molecule has 0 fully saturated rings. The summed E-state index contributed by atoms with van der Waals surface area (Å²) in [5.41, 5.74) is 3.86. The van der Waals surface area contributed by atoms with Crippen LogP contribution in [0, 0.1) is 0 Å². The Balaban J connectivity index is 2.00. The summed E-state index contributed by atoms with van der Waals surface area (Å²) in [6, 6.07) is 10.3. The minimum absolute atomic E-state index is 0.692. The van der Waals surface area contributed by atoms with Crippen molar-refractivity contribution in [1.82, 2.24) is 9.97 Å². The van der Waals surface area contributed by atoms with Crippen molar-refractivity contribution in [3.8, 4) is 0 Å². The Morgan fingerprint density at radius 2 is 2.00 bits per heavy atom. The molecule has 2 heterocycles. The molecular weight excluding hydrogens is 348 g/mol. The van der Waals surface area contributed by atoms with Crippen LogP contribution in [0.15, 0.2) is 34.8 Å². The molecule has 0 bridgehead atoms. The van der Waals surface area contributed by atoms with Crippen molar-refractivity contribution in [1.29, 1.82) is 0 Å². The maximum atomic E-state index is 5.61.